The molecule has 2 heterocycles. The number of carboxylic acids is 1. The molecular weight excluding hydrogens is 791 g/mol. The molecule has 1 saturated carbocycles. The SMILES string of the molecule is CC(C)(C)OC(=O)N1CCC(NC(=O)C(=O)NCC[C@H](NC(=O)c2ccc(Nc3nc(NC4(c5ccc(Cl)cc5)CC4)nc(OCC(F)(F)F)n3)cc2)C(=O)O)CC1. The zero-order valence-electron chi connectivity index (χ0n) is 31.7. The largest absolute Gasteiger partial charge is 0.480 e. The third kappa shape index (κ3) is 12.8. The molecular formula is C37H43ClF3N9O8. The molecule has 17 nitrogen and oxygen atoms in total. The molecule has 0 radical (unpaired) electrons. The van der Waals surface area contributed by atoms with Crippen molar-refractivity contribution in [3.63, 3.8) is 0 Å². The summed E-state index contributed by atoms with van der Waals surface area (Å²) in [4.78, 5) is 75.9. The van der Waals surface area contributed by atoms with E-state index in [1.54, 1.807) is 32.9 Å². The number of aromatic nitrogens is 3. The number of halogens is 4. The highest BCUT2D eigenvalue weighted by atomic mass is 35.5. The Bertz CT molecular complexity index is 1970. The van der Waals surface area contributed by atoms with Crippen LogP contribution in [0.5, 0.6) is 6.01 Å². The molecule has 1 saturated heterocycles. The predicted molar refractivity (Wildman–Crippen MR) is 203 cm³/mol. The fourth-order valence-electron chi connectivity index (χ4n) is 5.80. The van der Waals surface area contributed by atoms with E-state index in [2.05, 4.69) is 41.5 Å². The van der Waals surface area contributed by atoms with Gasteiger partial charge in [-0.2, -0.15) is 28.1 Å². The summed E-state index contributed by atoms with van der Waals surface area (Å²) in [5.74, 6) is -4.25. The van der Waals surface area contributed by atoms with Crippen molar-refractivity contribution in [3.8, 4) is 6.01 Å². The number of ether oxygens (including phenoxy) is 2. The fraction of sp³-hybridized carbons (Fsp3) is 0.459. The Balaban J connectivity index is 1.12. The van der Waals surface area contributed by atoms with Crippen molar-refractivity contribution < 1.29 is 51.7 Å². The number of benzene rings is 2. The number of aliphatic carboxylic acids is 1. The summed E-state index contributed by atoms with van der Waals surface area (Å²) in [6.07, 6.45) is -3.15. The van der Waals surface area contributed by atoms with E-state index in [1.807, 2.05) is 12.1 Å². The van der Waals surface area contributed by atoms with Crippen LogP contribution in [0.1, 0.15) is 68.8 Å². The van der Waals surface area contributed by atoms with Gasteiger partial charge in [0, 0.05) is 41.9 Å². The van der Waals surface area contributed by atoms with Crippen molar-refractivity contribution in [3.05, 3.63) is 64.7 Å². The molecule has 1 aliphatic heterocycles. The van der Waals surface area contributed by atoms with Crippen LogP contribution in [-0.4, -0.2) is 105 Å². The lowest BCUT2D eigenvalue weighted by Gasteiger charge is -2.33. The second kappa shape index (κ2) is 18.1. The van der Waals surface area contributed by atoms with Crippen molar-refractivity contribution in [2.75, 3.05) is 36.9 Å². The third-order valence-corrected chi connectivity index (χ3v) is 9.14. The summed E-state index contributed by atoms with van der Waals surface area (Å²) in [5, 5.41) is 23.6. The molecule has 5 rings (SSSR count). The molecule has 0 unspecified atom stereocenters. The highest BCUT2D eigenvalue weighted by molar-refractivity contribution is 6.35. The highest BCUT2D eigenvalue weighted by Crippen LogP contribution is 2.48. The first-order chi connectivity index (χ1) is 27.3. The molecule has 2 aliphatic rings. The molecule has 0 spiro atoms. The van der Waals surface area contributed by atoms with Crippen LogP contribution in [0.25, 0.3) is 0 Å². The van der Waals surface area contributed by atoms with E-state index < -0.39 is 65.8 Å². The van der Waals surface area contributed by atoms with E-state index in [0.29, 0.717) is 49.5 Å². The summed E-state index contributed by atoms with van der Waals surface area (Å²) < 4.78 is 49.0. The first-order valence-electron chi connectivity index (χ1n) is 18.2. The van der Waals surface area contributed by atoms with Gasteiger partial charge >= 0.3 is 36.1 Å². The van der Waals surface area contributed by atoms with Gasteiger partial charge in [0.1, 0.15) is 11.6 Å². The number of alkyl halides is 3. The van der Waals surface area contributed by atoms with Crippen LogP contribution >= 0.6 is 11.6 Å². The Morgan fingerprint density at radius 3 is 2.16 bits per heavy atom. The van der Waals surface area contributed by atoms with Crippen LogP contribution in [0.15, 0.2) is 48.5 Å². The Kier molecular flexibility index (Phi) is 13.5. The highest BCUT2D eigenvalue weighted by Gasteiger charge is 2.45. The number of piperidine rings is 1. The minimum absolute atomic E-state index is 0.0490. The standard InChI is InChI=1S/C37H43ClF3N9O8/c1-35(2,3)58-34(56)50-18-13-25(14-19-50)43-29(53)28(52)42-17-12-26(30(54)55)45-27(51)21-4-10-24(11-5-21)44-31-46-32(48-33(47-31)57-20-37(39,40)41)49-36(15-16-36)22-6-8-23(38)9-7-22/h4-11,25-26H,12-20H2,1-3H3,(H,42,52)(H,43,53)(H,45,51)(H,54,55)(H2,44,46,47,48,49)/t26-/m0/s1. The zero-order valence-corrected chi connectivity index (χ0v) is 32.5. The number of nitrogens with one attached hydrogen (secondary N) is 5. The van der Waals surface area contributed by atoms with Crippen molar-refractivity contribution in [1.82, 2.24) is 35.8 Å². The second-order valence-corrected chi connectivity index (χ2v) is 15.1. The van der Waals surface area contributed by atoms with Gasteiger partial charge in [-0.05, 0) is 94.8 Å². The van der Waals surface area contributed by atoms with E-state index in [9.17, 15) is 42.3 Å². The number of likely N-dealkylation sites (tertiary alicyclic amines) is 1. The number of carbonyl (C=O) groups is 5. The second-order valence-electron chi connectivity index (χ2n) is 14.7. The van der Waals surface area contributed by atoms with Gasteiger partial charge in [-0.25, -0.2) is 9.59 Å². The van der Waals surface area contributed by atoms with Crippen LogP contribution < -0.4 is 31.3 Å². The molecule has 312 valence electrons. The number of rotatable bonds is 14. The summed E-state index contributed by atoms with van der Waals surface area (Å²) in [5.41, 5.74) is 0.0366. The van der Waals surface area contributed by atoms with E-state index in [-0.39, 0.29) is 36.5 Å². The van der Waals surface area contributed by atoms with Gasteiger partial charge in [-0.15, -0.1) is 0 Å². The monoisotopic (exact) mass is 833 g/mol. The van der Waals surface area contributed by atoms with Gasteiger partial charge in [0.15, 0.2) is 6.61 Å². The van der Waals surface area contributed by atoms with Gasteiger partial charge in [0.05, 0.1) is 5.54 Å². The quantitative estimate of drug-likeness (QED) is 0.123. The van der Waals surface area contributed by atoms with Gasteiger partial charge in [-0.3, -0.25) is 14.4 Å². The first kappa shape index (κ1) is 43.2. The minimum atomic E-state index is -4.65. The molecule has 2 aromatic carbocycles. The van der Waals surface area contributed by atoms with Crippen molar-refractivity contribution >= 4 is 59.0 Å². The maximum absolute atomic E-state index is 13.0. The summed E-state index contributed by atoms with van der Waals surface area (Å²) >= 11 is 6.02. The van der Waals surface area contributed by atoms with Gasteiger partial charge in [0.2, 0.25) is 11.9 Å². The smallest absolute Gasteiger partial charge is 0.422 e. The molecule has 1 aliphatic carbocycles. The Morgan fingerprint density at radius 1 is 0.931 bits per heavy atom. The number of carbonyl (C=O) groups excluding carboxylic acids is 4. The number of nitrogens with zero attached hydrogens (tertiary/aromatic N) is 4. The number of carboxylic acid groups (broad SMARTS) is 1. The van der Waals surface area contributed by atoms with Gasteiger partial charge < -0.3 is 46.1 Å². The fourth-order valence-corrected chi connectivity index (χ4v) is 5.93. The van der Waals surface area contributed by atoms with Crippen LogP contribution in [0.4, 0.5) is 35.5 Å². The van der Waals surface area contributed by atoms with Gasteiger partial charge in [-0.1, -0.05) is 23.7 Å². The van der Waals surface area contributed by atoms with Crippen LogP contribution in [-0.2, 0) is 24.7 Å². The number of hydrogen-bond acceptors (Lipinski definition) is 12. The Labute approximate surface area is 335 Å². The maximum atomic E-state index is 13.0. The lowest BCUT2D eigenvalue weighted by atomic mass is 10.1. The van der Waals surface area contributed by atoms with E-state index >= 15 is 0 Å². The van der Waals surface area contributed by atoms with Crippen molar-refractivity contribution in [2.24, 2.45) is 0 Å². The summed E-state index contributed by atoms with van der Waals surface area (Å²) in [6.45, 7) is 4.05. The minimum Gasteiger partial charge on any atom is -0.480 e. The average Bonchev–Trinajstić information content (AvgIpc) is 3.93. The van der Waals surface area contributed by atoms with E-state index in [0.717, 1.165) is 5.56 Å². The normalized spacial score (nSPS) is 15.7. The molecule has 2 fully saturated rings. The topological polar surface area (TPSA) is 226 Å². The van der Waals surface area contributed by atoms with Crippen molar-refractivity contribution in [2.45, 2.75) is 82.3 Å². The average molecular weight is 834 g/mol. The molecule has 58 heavy (non-hydrogen) atoms. The van der Waals surface area contributed by atoms with Crippen molar-refractivity contribution in [1.29, 1.82) is 0 Å². The van der Waals surface area contributed by atoms with Crippen LogP contribution in [0.2, 0.25) is 5.02 Å². The molecule has 1 atom stereocenters. The third-order valence-electron chi connectivity index (χ3n) is 8.89. The maximum Gasteiger partial charge on any atom is 0.422 e. The molecule has 1 aromatic heterocycles. The molecule has 21 heteroatoms. The van der Waals surface area contributed by atoms with Crippen LogP contribution in [0.3, 0.4) is 0 Å². The zero-order chi connectivity index (χ0) is 42.3. The number of amides is 4. The molecule has 0 bridgehead atoms. The van der Waals surface area contributed by atoms with Crippen LogP contribution in [0, 0.1) is 0 Å². The lowest BCUT2D eigenvalue weighted by molar-refractivity contribution is -0.154. The van der Waals surface area contributed by atoms with Gasteiger partial charge in [0.25, 0.3) is 5.91 Å². The summed E-state index contributed by atoms with van der Waals surface area (Å²) in [6, 6.07) is 10.3. The molecule has 6 N–H and O–H groups in total. The molecule has 3 aromatic rings. The Hall–Kier alpha value is -5.92. The number of hydrogen-bond donors (Lipinski definition) is 6. The Morgan fingerprint density at radius 2 is 1.57 bits per heavy atom. The summed E-state index contributed by atoms with van der Waals surface area (Å²) in [7, 11) is 0. The van der Waals surface area contributed by atoms with E-state index in [1.165, 1.54) is 29.2 Å². The predicted octanol–water partition coefficient (Wildman–Crippen LogP) is 4.52. The van der Waals surface area contributed by atoms with E-state index in [4.69, 9.17) is 21.1 Å². The molecule has 4 amide bonds. The number of anilines is 3. The first-order valence-corrected chi connectivity index (χ1v) is 18.6. The lowest BCUT2D eigenvalue weighted by Crippen LogP contribution is -2.51.